The zero-order chi connectivity index (χ0) is 24.1. The van der Waals surface area contributed by atoms with E-state index in [2.05, 4.69) is 5.32 Å². The Labute approximate surface area is 191 Å². The van der Waals surface area contributed by atoms with Crippen LogP contribution < -0.4 is 9.62 Å². The second-order valence-corrected chi connectivity index (χ2v) is 9.90. The predicted octanol–water partition coefficient (Wildman–Crippen LogP) is 2.93. The van der Waals surface area contributed by atoms with Crippen LogP contribution in [0.5, 0.6) is 0 Å². The number of anilines is 1. The number of likely N-dealkylation sites (N-methyl/N-ethyl adjacent to an activating group) is 1. The number of nitrogens with one attached hydrogen (secondary N) is 1. The molecule has 1 unspecified atom stereocenters. The van der Waals surface area contributed by atoms with E-state index in [1.54, 1.807) is 0 Å². The van der Waals surface area contributed by atoms with Crippen molar-refractivity contribution in [2.24, 2.45) is 0 Å². The second kappa shape index (κ2) is 10.6. The number of hydrogen-bond donors (Lipinski definition) is 1. The summed E-state index contributed by atoms with van der Waals surface area (Å²) in [5.74, 6) is -0.718. The summed E-state index contributed by atoms with van der Waals surface area (Å²) in [6.07, 6.45) is 1.49. The number of amides is 2. The van der Waals surface area contributed by atoms with Crippen LogP contribution in [0.1, 0.15) is 35.6 Å². The van der Waals surface area contributed by atoms with Gasteiger partial charge in [0.2, 0.25) is 21.8 Å². The monoisotopic (exact) mass is 459 g/mol. The van der Waals surface area contributed by atoms with Gasteiger partial charge in [0.1, 0.15) is 12.6 Å². The number of sulfonamides is 1. The molecular formula is C24H33N3O4S. The molecule has 0 bridgehead atoms. The fourth-order valence-electron chi connectivity index (χ4n) is 3.83. The molecule has 32 heavy (non-hydrogen) atoms. The molecule has 174 valence electrons. The van der Waals surface area contributed by atoms with Crippen molar-refractivity contribution < 1.29 is 18.0 Å². The van der Waals surface area contributed by atoms with Crippen molar-refractivity contribution in [3.8, 4) is 0 Å². The SMILES string of the molecule is CCC(C(=O)NC)N(Cc1ccccc1C)C(=O)CN(c1c(C)cccc1C)S(C)(=O)=O. The van der Waals surface area contributed by atoms with Crippen molar-refractivity contribution in [2.75, 3.05) is 24.2 Å². The van der Waals surface area contributed by atoms with Gasteiger partial charge in [-0.1, -0.05) is 49.4 Å². The zero-order valence-corrected chi connectivity index (χ0v) is 20.5. The minimum Gasteiger partial charge on any atom is -0.357 e. The smallest absolute Gasteiger partial charge is 0.244 e. The summed E-state index contributed by atoms with van der Waals surface area (Å²) in [5, 5.41) is 2.62. The lowest BCUT2D eigenvalue weighted by molar-refractivity contribution is -0.140. The number of aryl methyl sites for hydroxylation is 3. The molecule has 8 heteroatoms. The van der Waals surface area contributed by atoms with Gasteiger partial charge in [0.15, 0.2) is 0 Å². The van der Waals surface area contributed by atoms with E-state index in [1.165, 1.54) is 11.9 Å². The van der Waals surface area contributed by atoms with Gasteiger partial charge < -0.3 is 10.2 Å². The summed E-state index contributed by atoms with van der Waals surface area (Å²) in [7, 11) is -2.22. The number of nitrogens with zero attached hydrogens (tertiary/aromatic N) is 2. The molecule has 0 aliphatic carbocycles. The number of carbonyl (C=O) groups is 2. The lowest BCUT2D eigenvalue weighted by Crippen LogP contribution is -2.51. The zero-order valence-electron chi connectivity index (χ0n) is 19.7. The van der Waals surface area contributed by atoms with Crippen LogP contribution in [0.4, 0.5) is 5.69 Å². The van der Waals surface area contributed by atoms with Crippen LogP contribution in [0.3, 0.4) is 0 Å². The highest BCUT2D eigenvalue weighted by molar-refractivity contribution is 7.92. The minimum atomic E-state index is -3.75. The molecule has 1 N–H and O–H groups in total. The van der Waals surface area contributed by atoms with Crippen LogP contribution >= 0.6 is 0 Å². The predicted molar refractivity (Wildman–Crippen MR) is 128 cm³/mol. The first-order valence-corrected chi connectivity index (χ1v) is 12.5. The third kappa shape index (κ3) is 5.88. The first-order valence-electron chi connectivity index (χ1n) is 10.6. The Hall–Kier alpha value is -2.87. The molecule has 0 saturated carbocycles. The van der Waals surface area contributed by atoms with Crippen molar-refractivity contribution >= 4 is 27.5 Å². The van der Waals surface area contributed by atoms with Gasteiger partial charge in [-0.05, 0) is 49.4 Å². The van der Waals surface area contributed by atoms with Crippen molar-refractivity contribution in [3.63, 3.8) is 0 Å². The van der Waals surface area contributed by atoms with Crippen LogP contribution in [0, 0.1) is 20.8 Å². The van der Waals surface area contributed by atoms with Gasteiger partial charge in [-0.2, -0.15) is 0 Å². The van der Waals surface area contributed by atoms with Crippen LogP contribution in [0.25, 0.3) is 0 Å². The Kier molecular flexibility index (Phi) is 8.44. The van der Waals surface area contributed by atoms with E-state index in [1.807, 2.05) is 70.2 Å². The van der Waals surface area contributed by atoms with Gasteiger partial charge in [0.25, 0.3) is 0 Å². The minimum absolute atomic E-state index is 0.210. The van der Waals surface area contributed by atoms with Crippen LogP contribution in [0.2, 0.25) is 0 Å². The summed E-state index contributed by atoms with van der Waals surface area (Å²) in [4.78, 5) is 27.6. The molecule has 2 aromatic rings. The number of hydrogen-bond acceptors (Lipinski definition) is 4. The maximum Gasteiger partial charge on any atom is 0.244 e. The Morgan fingerprint density at radius 3 is 2.03 bits per heavy atom. The molecular weight excluding hydrogens is 426 g/mol. The summed E-state index contributed by atoms with van der Waals surface area (Å²) in [6, 6.07) is 12.4. The Bertz CT molecular complexity index is 1060. The molecule has 1 atom stereocenters. The Morgan fingerprint density at radius 2 is 1.53 bits per heavy atom. The normalized spacial score (nSPS) is 12.2. The highest BCUT2D eigenvalue weighted by Gasteiger charge is 2.32. The highest BCUT2D eigenvalue weighted by atomic mass is 32.2. The third-order valence-electron chi connectivity index (χ3n) is 5.60. The fraction of sp³-hybridized carbons (Fsp3) is 0.417. The Morgan fingerprint density at radius 1 is 0.969 bits per heavy atom. The standard InChI is InChI=1S/C24H33N3O4S/c1-7-21(24(29)25-5)26(15-20-14-9-8-11-17(20)2)22(28)16-27(32(6,30)31)23-18(3)12-10-13-19(23)4/h8-14,21H,7,15-16H2,1-6H3,(H,25,29). The molecule has 7 nitrogen and oxygen atoms in total. The summed E-state index contributed by atoms with van der Waals surface area (Å²) < 4.78 is 26.6. The molecule has 0 saturated heterocycles. The van der Waals surface area contributed by atoms with Gasteiger partial charge in [-0.3, -0.25) is 13.9 Å². The summed E-state index contributed by atoms with van der Waals surface area (Å²) in [6.45, 7) is 7.23. The lowest BCUT2D eigenvalue weighted by atomic mass is 10.1. The van der Waals surface area contributed by atoms with Gasteiger partial charge in [-0.25, -0.2) is 8.42 Å². The molecule has 2 amide bonds. The molecule has 0 fully saturated rings. The van der Waals surface area contributed by atoms with E-state index in [9.17, 15) is 18.0 Å². The average molecular weight is 460 g/mol. The van der Waals surface area contributed by atoms with Gasteiger partial charge in [0.05, 0.1) is 11.9 Å². The number of benzene rings is 2. The van der Waals surface area contributed by atoms with Crippen molar-refractivity contribution in [2.45, 2.75) is 46.7 Å². The topological polar surface area (TPSA) is 86.8 Å². The first-order chi connectivity index (χ1) is 15.0. The molecule has 0 aliphatic heterocycles. The lowest BCUT2D eigenvalue weighted by Gasteiger charge is -2.33. The quantitative estimate of drug-likeness (QED) is 0.625. The van der Waals surface area contributed by atoms with Crippen LogP contribution in [-0.4, -0.2) is 51.0 Å². The third-order valence-corrected chi connectivity index (χ3v) is 6.71. The highest BCUT2D eigenvalue weighted by Crippen LogP contribution is 2.27. The molecule has 0 radical (unpaired) electrons. The summed E-state index contributed by atoms with van der Waals surface area (Å²) in [5.41, 5.74) is 3.90. The van der Waals surface area contributed by atoms with E-state index in [-0.39, 0.29) is 19.0 Å². The van der Waals surface area contributed by atoms with E-state index < -0.39 is 22.0 Å². The molecule has 0 aliphatic rings. The van der Waals surface area contributed by atoms with E-state index in [0.29, 0.717) is 12.1 Å². The van der Waals surface area contributed by atoms with Crippen LogP contribution in [-0.2, 0) is 26.2 Å². The fourth-order valence-corrected chi connectivity index (χ4v) is 4.80. The van der Waals surface area contributed by atoms with Gasteiger partial charge in [0, 0.05) is 13.6 Å². The number of para-hydroxylation sites is 1. The van der Waals surface area contributed by atoms with Gasteiger partial charge >= 0.3 is 0 Å². The van der Waals surface area contributed by atoms with Crippen molar-refractivity contribution in [3.05, 3.63) is 64.7 Å². The Balaban J connectivity index is 2.51. The number of carbonyl (C=O) groups excluding carboxylic acids is 2. The largest absolute Gasteiger partial charge is 0.357 e. The average Bonchev–Trinajstić information content (AvgIpc) is 2.72. The molecule has 0 spiro atoms. The molecule has 2 aromatic carbocycles. The van der Waals surface area contributed by atoms with E-state index >= 15 is 0 Å². The molecule has 2 rings (SSSR count). The van der Waals surface area contributed by atoms with E-state index in [4.69, 9.17) is 0 Å². The second-order valence-electron chi connectivity index (χ2n) is 8.00. The molecule has 0 aromatic heterocycles. The van der Waals surface area contributed by atoms with Gasteiger partial charge in [-0.15, -0.1) is 0 Å². The van der Waals surface area contributed by atoms with E-state index in [0.717, 1.165) is 32.8 Å². The van der Waals surface area contributed by atoms with Crippen LogP contribution in [0.15, 0.2) is 42.5 Å². The maximum atomic E-state index is 13.6. The van der Waals surface area contributed by atoms with Crippen molar-refractivity contribution in [1.82, 2.24) is 10.2 Å². The number of rotatable bonds is 9. The summed E-state index contributed by atoms with van der Waals surface area (Å²) >= 11 is 0. The van der Waals surface area contributed by atoms with Crippen molar-refractivity contribution in [1.29, 1.82) is 0 Å². The first kappa shape index (κ1) is 25.4. The maximum absolute atomic E-state index is 13.6. The molecule has 0 heterocycles.